The van der Waals surface area contributed by atoms with Crippen molar-refractivity contribution < 1.29 is 9.53 Å². The molecule has 2 aliphatic rings. The summed E-state index contributed by atoms with van der Waals surface area (Å²) in [5.74, 6) is 0.506. The van der Waals surface area contributed by atoms with Gasteiger partial charge in [-0.3, -0.25) is 4.79 Å². The molecule has 3 atom stereocenters. The van der Waals surface area contributed by atoms with Crippen molar-refractivity contribution in [1.29, 1.82) is 0 Å². The lowest BCUT2D eigenvalue weighted by atomic mass is 9.97. The molecule has 0 saturated carbocycles. The molecule has 1 aromatic carbocycles. The Labute approximate surface area is 113 Å². The number of nitrogens with one attached hydrogen (secondary N) is 2. The first-order chi connectivity index (χ1) is 9.25. The lowest BCUT2D eigenvalue weighted by molar-refractivity contribution is -0.123. The van der Waals surface area contributed by atoms with Gasteiger partial charge in [-0.2, -0.15) is 0 Å². The first kappa shape index (κ1) is 12.5. The molecule has 102 valence electrons. The molecule has 1 fully saturated rings. The van der Waals surface area contributed by atoms with Crippen molar-refractivity contribution in [3.8, 4) is 0 Å². The van der Waals surface area contributed by atoms with Crippen molar-refractivity contribution in [2.24, 2.45) is 5.92 Å². The fraction of sp³-hybridized carbons (Fsp3) is 0.533. The van der Waals surface area contributed by atoms with Crippen LogP contribution >= 0.6 is 0 Å². The van der Waals surface area contributed by atoms with Gasteiger partial charge in [-0.05, 0) is 25.0 Å². The van der Waals surface area contributed by atoms with E-state index in [-0.39, 0.29) is 17.9 Å². The van der Waals surface area contributed by atoms with Crippen molar-refractivity contribution in [1.82, 2.24) is 5.32 Å². The molecule has 2 heterocycles. The summed E-state index contributed by atoms with van der Waals surface area (Å²) in [7, 11) is 0. The maximum atomic E-state index is 12.4. The maximum Gasteiger partial charge on any atom is 0.229 e. The highest BCUT2D eigenvalue weighted by atomic mass is 16.5. The summed E-state index contributed by atoms with van der Waals surface area (Å²) in [4.78, 5) is 12.4. The molecule has 0 spiro atoms. The number of hydrogen-bond donors (Lipinski definition) is 2. The minimum atomic E-state index is -0.0685. The van der Waals surface area contributed by atoms with Gasteiger partial charge in [-0.25, -0.2) is 0 Å². The molecular formula is C15H20N2O2. The number of fused-ring (bicyclic) bond motifs is 1. The van der Waals surface area contributed by atoms with E-state index >= 15 is 0 Å². The number of ether oxygens (including phenoxy) is 1. The highest BCUT2D eigenvalue weighted by Crippen LogP contribution is 2.31. The predicted molar refractivity (Wildman–Crippen MR) is 74.2 cm³/mol. The lowest BCUT2D eigenvalue weighted by Gasteiger charge is -2.21. The Balaban J connectivity index is 1.65. The van der Waals surface area contributed by atoms with E-state index in [0.717, 1.165) is 30.9 Å². The minimum absolute atomic E-state index is 0.0685. The van der Waals surface area contributed by atoms with Crippen molar-refractivity contribution in [3.05, 3.63) is 29.8 Å². The molecule has 0 radical (unpaired) electrons. The quantitative estimate of drug-likeness (QED) is 0.870. The van der Waals surface area contributed by atoms with Crippen LogP contribution in [-0.4, -0.2) is 31.7 Å². The number of para-hydroxylation sites is 1. The van der Waals surface area contributed by atoms with Gasteiger partial charge in [-0.15, -0.1) is 0 Å². The van der Waals surface area contributed by atoms with E-state index in [4.69, 9.17) is 4.74 Å². The van der Waals surface area contributed by atoms with Gasteiger partial charge in [0.05, 0.1) is 12.5 Å². The van der Waals surface area contributed by atoms with Crippen molar-refractivity contribution in [3.63, 3.8) is 0 Å². The van der Waals surface area contributed by atoms with Crippen LogP contribution in [0.4, 0.5) is 5.69 Å². The van der Waals surface area contributed by atoms with E-state index in [2.05, 4.69) is 17.6 Å². The van der Waals surface area contributed by atoms with Crippen LogP contribution in [-0.2, 0) is 9.53 Å². The third-order valence-electron chi connectivity index (χ3n) is 4.19. The van der Waals surface area contributed by atoms with Crippen LogP contribution < -0.4 is 10.6 Å². The molecule has 2 aliphatic heterocycles. The molecule has 1 amide bonds. The van der Waals surface area contributed by atoms with Crippen LogP contribution in [0.25, 0.3) is 0 Å². The molecule has 2 N–H and O–H groups in total. The molecule has 1 saturated heterocycles. The van der Waals surface area contributed by atoms with E-state index in [1.165, 1.54) is 0 Å². The second-order valence-electron chi connectivity index (χ2n) is 5.44. The van der Waals surface area contributed by atoms with E-state index in [9.17, 15) is 4.79 Å². The van der Waals surface area contributed by atoms with E-state index in [0.29, 0.717) is 12.5 Å². The van der Waals surface area contributed by atoms with Gasteiger partial charge >= 0.3 is 0 Å². The Morgan fingerprint density at radius 1 is 1.47 bits per heavy atom. The largest absolute Gasteiger partial charge is 0.384 e. The third-order valence-corrected chi connectivity index (χ3v) is 4.19. The molecule has 0 aromatic heterocycles. The molecule has 4 heteroatoms. The van der Waals surface area contributed by atoms with Gasteiger partial charge in [0.2, 0.25) is 5.91 Å². The second-order valence-corrected chi connectivity index (χ2v) is 5.44. The van der Waals surface area contributed by atoms with E-state index < -0.39 is 0 Å². The van der Waals surface area contributed by atoms with Crippen LogP contribution in [0.3, 0.4) is 0 Å². The van der Waals surface area contributed by atoms with Crippen molar-refractivity contribution in [2.45, 2.75) is 25.3 Å². The summed E-state index contributed by atoms with van der Waals surface area (Å²) < 4.78 is 5.38. The molecule has 3 rings (SSSR count). The Kier molecular flexibility index (Phi) is 3.42. The van der Waals surface area contributed by atoms with Crippen molar-refractivity contribution in [2.75, 3.05) is 25.1 Å². The maximum absolute atomic E-state index is 12.4. The Morgan fingerprint density at radius 3 is 3.11 bits per heavy atom. The highest BCUT2D eigenvalue weighted by molar-refractivity contribution is 5.88. The first-order valence-electron chi connectivity index (χ1n) is 6.96. The smallest absolute Gasteiger partial charge is 0.229 e. The van der Waals surface area contributed by atoms with Gasteiger partial charge in [0.25, 0.3) is 0 Å². The minimum Gasteiger partial charge on any atom is -0.384 e. The Hall–Kier alpha value is -1.55. The number of benzene rings is 1. The molecule has 4 nitrogen and oxygen atoms in total. The summed E-state index contributed by atoms with van der Waals surface area (Å²) >= 11 is 0. The summed E-state index contributed by atoms with van der Waals surface area (Å²) in [5.41, 5.74) is 2.19. The normalized spacial score (nSPS) is 26.6. The second kappa shape index (κ2) is 5.21. The number of amides is 1. The molecule has 19 heavy (non-hydrogen) atoms. The van der Waals surface area contributed by atoms with E-state index in [1.54, 1.807) is 0 Å². The lowest BCUT2D eigenvalue weighted by Crippen LogP contribution is -2.41. The Morgan fingerprint density at radius 2 is 2.32 bits per heavy atom. The van der Waals surface area contributed by atoms with Crippen molar-refractivity contribution >= 4 is 11.6 Å². The fourth-order valence-electron chi connectivity index (χ4n) is 2.91. The molecule has 0 bridgehead atoms. The third kappa shape index (κ3) is 2.45. The topological polar surface area (TPSA) is 50.4 Å². The van der Waals surface area contributed by atoms with Gasteiger partial charge in [0, 0.05) is 30.8 Å². The van der Waals surface area contributed by atoms with Crippen LogP contribution in [0.5, 0.6) is 0 Å². The van der Waals surface area contributed by atoms with Crippen LogP contribution in [0.15, 0.2) is 24.3 Å². The SMILES string of the molecule is CC(NC(=O)C1CNc2ccccc21)C1CCOC1. The number of hydrogen-bond acceptors (Lipinski definition) is 3. The van der Waals surface area contributed by atoms with Gasteiger partial charge in [-0.1, -0.05) is 18.2 Å². The molecule has 0 aliphatic carbocycles. The zero-order chi connectivity index (χ0) is 13.2. The Bertz CT molecular complexity index is 469. The van der Waals surface area contributed by atoms with Crippen LogP contribution in [0.1, 0.15) is 24.8 Å². The molecule has 1 aromatic rings. The number of carbonyl (C=O) groups is 1. The zero-order valence-corrected chi connectivity index (χ0v) is 11.2. The fourth-order valence-corrected chi connectivity index (χ4v) is 2.91. The summed E-state index contributed by atoms with van der Waals surface area (Å²) in [6.07, 6.45) is 1.04. The average molecular weight is 260 g/mol. The summed E-state index contributed by atoms with van der Waals surface area (Å²) in [6.45, 7) is 4.35. The molecule has 3 unspecified atom stereocenters. The monoisotopic (exact) mass is 260 g/mol. The zero-order valence-electron chi connectivity index (χ0n) is 11.2. The summed E-state index contributed by atoms with van der Waals surface area (Å²) in [5, 5.41) is 6.43. The van der Waals surface area contributed by atoms with Crippen LogP contribution in [0.2, 0.25) is 0 Å². The molecular weight excluding hydrogens is 240 g/mol. The van der Waals surface area contributed by atoms with Gasteiger partial charge in [0.1, 0.15) is 0 Å². The first-order valence-corrected chi connectivity index (χ1v) is 6.96. The highest BCUT2D eigenvalue weighted by Gasteiger charge is 2.31. The summed E-state index contributed by atoms with van der Waals surface area (Å²) in [6, 6.07) is 8.22. The van der Waals surface area contributed by atoms with Gasteiger partial charge < -0.3 is 15.4 Å². The number of carbonyl (C=O) groups excluding carboxylic acids is 1. The van der Waals surface area contributed by atoms with E-state index in [1.807, 2.05) is 24.3 Å². The standard InChI is InChI=1S/C15H20N2O2/c1-10(11-6-7-19-9-11)17-15(18)13-8-16-14-5-3-2-4-12(13)14/h2-5,10-11,13,16H,6-9H2,1H3,(H,17,18). The predicted octanol–water partition coefficient (Wildman–Crippen LogP) is 1.74. The average Bonchev–Trinajstić information content (AvgIpc) is 3.08. The van der Waals surface area contributed by atoms with Gasteiger partial charge in [0.15, 0.2) is 0 Å². The van der Waals surface area contributed by atoms with Crippen LogP contribution in [0, 0.1) is 5.92 Å². The number of rotatable bonds is 3. The number of anilines is 1.